The van der Waals surface area contributed by atoms with Gasteiger partial charge in [-0.3, -0.25) is 4.79 Å². The Morgan fingerprint density at radius 3 is 2.29 bits per heavy atom. The van der Waals surface area contributed by atoms with Gasteiger partial charge in [0.1, 0.15) is 5.60 Å². The number of ether oxygens (including phenoxy) is 1. The second-order valence-corrected chi connectivity index (χ2v) is 7.26. The predicted molar refractivity (Wildman–Crippen MR) is 78.0 cm³/mol. The SMILES string of the molecule is CCC(C)(O)CC1(C(=O)O)CCN(C(=O)OC(C)(C)C)C1. The summed E-state index contributed by atoms with van der Waals surface area (Å²) in [7, 11) is 0. The number of likely N-dealkylation sites (tertiary alicyclic amines) is 1. The van der Waals surface area contributed by atoms with E-state index in [1.165, 1.54) is 4.90 Å². The van der Waals surface area contributed by atoms with Crippen molar-refractivity contribution in [2.75, 3.05) is 13.1 Å². The van der Waals surface area contributed by atoms with Crippen molar-refractivity contribution in [2.24, 2.45) is 5.41 Å². The van der Waals surface area contributed by atoms with Crippen molar-refractivity contribution in [1.29, 1.82) is 0 Å². The third kappa shape index (κ3) is 4.59. The van der Waals surface area contributed by atoms with Gasteiger partial charge in [-0.25, -0.2) is 4.79 Å². The van der Waals surface area contributed by atoms with Crippen molar-refractivity contribution in [3.05, 3.63) is 0 Å². The molecular weight excluding hydrogens is 274 g/mol. The fourth-order valence-corrected chi connectivity index (χ4v) is 2.60. The predicted octanol–water partition coefficient (Wildman–Crippen LogP) is 2.25. The lowest BCUT2D eigenvalue weighted by Crippen LogP contribution is -2.43. The van der Waals surface area contributed by atoms with Gasteiger partial charge in [-0.2, -0.15) is 0 Å². The van der Waals surface area contributed by atoms with Gasteiger partial charge in [-0.05, 0) is 47.0 Å². The second-order valence-electron chi connectivity index (χ2n) is 7.26. The molecule has 21 heavy (non-hydrogen) atoms. The van der Waals surface area contributed by atoms with Gasteiger partial charge in [-0.15, -0.1) is 0 Å². The van der Waals surface area contributed by atoms with E-state index < -0.39 is 28.7 Å². The zero-order valence-electron chi connectivity index (χ0n) is 13.6. The molecule has 0 spiro atoms. The summed E-state index contributed by atoms with van der Waals surface area (Å²) in [5.74, 6) is -0.970. The fraction of sp³-hybridized carbons (Fsp3) is 0.867. The number of carbonyl (C=O) groups is 2. The molecule has 2 unspecified atom stereocenters. The van der Waals surface area contributed by atoms with Gasteiger partial charge >= 0.3 is 12.1 Å². The minimum atomic E-state index is -1.10. The first-order valence-corrected chi connectivity index (χ1v) is 7.34. The molecule has 0 bridgehead atoms. The lowest BCUT2D eigenvalue weighted by molar-refractivity contribution is -0.152. The first-order chi connectivity index (χ1) is 9.41. The van der Waals surface area contributed by atoms with Gasteiger partial charge < -0.3 is 19.8 Å². The van der Waals surface area contributed by atoms with Crippen molar-refractivity contribution >= 4 is 12.1 Å². The van der Waals surface area contributed by atoms with E-state index >= 15 is 0 Å². The summed E-state index contributed by atoms with van der Waals surface area (Å²) >= 11 is 0. The van der Waals surface area contributed by atoms with E-state index in [9.17, 15) is 19.8 Å². The number of hydrogen-bond donors (Lipinski definition) is 2. The fourth-order valence-electron chi connectivity index (χ4n) is 2.60. The quantitative estimate of drug-likeness (QED) is 0.831. The molecule has 0 aromatic heterocycles. The highest BCUT2D eigenvalue weighted by Crippen LogP contribution is 2.39. The Bertz CT molecular complexity index is 413. The van der Waals surface area contributed by atoms with Crippen LogP contribution in [0.3, 0.4) is 0 Å². The molecular formula is C15H27NO5. The van der Waals surface area contributed by atoms with Gasteiger partial charge in [0.2, 0.25) is 0 Å². The number of amides is 1. The molecule has 2 atom stereocenters. The molecule has 1 rings (SSSR count). The zero-order chi connectivity index (χ0) is 16.5. The Morgan fingerprint density at radius 1 is 1.29 bits per heavy atom. The standard InChI is InChI=1S/C15H27NO5/c1-6-14(5,20)9-15(11(17)18)7-8-16(10-15)12(19)21-13(2,3)4/h20H,6-10H2,1-5H3,(H,17,18). The molecule has 0 saturated carbocycles. The molecule has 2 N–H and O–H groups in total. The molecule has 1 amide bonds. The van der Waals surface area contributed by atoms with Crippen LogP contribution in [0.4, 0.5) is 4.79 Å². The summed E-state index contributed by atoms with van der Waals surface area (Å²) in [5.41, 5.74) is -2.76. The molecule has 0 radical (unpaired) electrons. The van der Waals surface area contributed by atoms with Gasteiger partial charge in [0.05, 0.1) is 11.0 Å². The number of carboxylic acid groups (broad SMARTS) is 1. The molecule has 122 valence electrons. The average Bonchev–Trinajstić information content (AvgIpc) is 2.72. The monoisotopic (exact) mass is 301 g/mol. The van der Waals surface area contributed by atoms with Crippen LogP contribution in [0.15, 0.2) is 0 Å². The van der Waals surface area contributed by atoms with Crippen LogP contribution >= 0.6 is 0 Å². The van der Waals surface area contributed by atoms with Crippen LogP contribution in [0.25, 0.3) is 0 Å². The van der Waals surface area contributed by atoms with Gasteiger partial charge in [-0.1, -0.05) is 6.92 Å². The van der Waals surface area contributed by atoms with Crippen LogP contribution < -0.4 is 0 Å². The van der Waals surface area contributed by atoms with Crippen molar-refractivity contribution < 1.29 is 24.5 Å². The highest BCUT2D eigenvalue weighted by atomic mass is 16.6. The maximum Gasteiger partial charge on any atom is 0.410 e. The summed E-state index contributed by atoms with van der Waals surface area (Å²) in [5, 5.41) is 19.8. The van der Waals surface area contributed by atoms with Crippen LogP contribution in [0.1, 0.15) is 53.9 Å². The number of carboxylic acids is 1. The van der Waals surface area contributed by atoms with E-state index in [0.717, 1.165) is 0 Å². The number of aliphatic hydroxyl groups is 1. The van der Waals surface area contributed by atoms with E-state index in [1.807, 2.05) is 6.92 Å². The average molecular weight is 301 g/mol. The van der Waals surface area contributed by atoms with Gasteiger partial charge in [0.25, 0.3) is 0 Å². The van der Waals surface area contributed by atoms with E-state index in [-0.39, 0.29) is 13.0 Å². The number of hydrogen-bond acceptors (Lipinski definition) is 4. The third-order valence-electron chi connectivity index (χ3n) is 3.94. The molecule has 0 aromatic carbocycles. The van der Waals surface area contributed by atoms with Crippen molar-refractivity contribution in [3.8, 4) is 0 Å². The molecule has 6 heteroatoms. The Morgan fingerprint density at radius 2 is 1.86 bits per heavy atom. The molecule has 1 aliphatic heterocycles. The first kappa shape index (κ1) is 17.8. The number of aliphatic carboxylic acids is 1. The Labute approximate surface area is 126 Å². The topological polar surface area (TPSA) is 87.1 Å². The van der Waals surface area contributed by atoms with Crippen LogP contribution in [0.5, 0.6) is 0 Å². The summed E-state index contributed by atoms with van der Waals surface area (Å²) in [6, 6.07) is 0. The van der Waals surface area contributed by atoms with Crippen LogP contribution in [0.2, 0.25) is 0 Å². The minimum absolute atomic E-state index is 0.0768. The first-order valence-electron chi connectivity index (χ1n) is 7.34. The van der Waals surface area contributed by atoms with Gasteiger partial charge in [0, 0.05) is 13.1 Å². The summed E-state index contributed by atoms with van der Waals surface area (Å²) in [6.07, 6.45) is 0.430. The molecule has 1 saturated heterocycles. The summed E-state index contributed by atoms with van der Waals surface area (Å²) in [6.45, 7) is 9.17. The lowest BCUT2D eigenvalue weighted by Gasteiger charge is -2.33. The Balaban J connectivity index is 2.83. The molecule has 1 fully saturated rings. The Hall–Kier alpha value is -1.30. The number of nitrogens with zero attached hydrogens (tertiary/aromatic N) is 1. The highest BCUT2D eigenvalue weighted by molar-refractivity contribution is 5.78. The normalized spacial score (nSPS) is 25.5. The second kappa shape index (κ2) is 5.83. The zero-order valence-corrected chi connectivity index (χ0v) is 13.6. The third-order valence-corrected chi connectivity index (χ3v) is 3.94. The molecule has 6 nitrogen and oxygen atoms in total. The van der Waals surface area contributed by atoms with Crippen LogP contribution in [0, 0.1) is 5.41 Å². The molecule has 1 aliphatic rings. The van der Waals surface area contributed by atoms with E-state index in [1.54, 1.807) is 27.7 Å². The lowest BCUT2D eigenvalue weighted by atomic mass is 9.76. The largest absolute Gasteiger partial charge is 0.481 e. The summed E-state index contributed by atoms with van der Waals surface area (Å²) in [4.78, 5) is 25.2. The van der Waals surface area contributed by atoms with E-state index in [0.29, 0.717) is 19.4 Å². The van der Waals surface area contributed by atoms with Crippen molar-refractivity contribution in [2.45, 2.75) is 65.1 Å². The maximum absolute atomic E-state index is 12.1. The maximum atomic E-state index is 12.1. The number of rotatable bonds is 4. The number of carbonyl (C=O) groups excluding carboxylic acids is 1. The smallest absolute Gasteiger partial charge is 0.410 e. The Kier molecular flexibility index (Phi) is 4.93. The van der Waals surface area contributed by atoms with E-state index in [4.69, 9.17) is 4.74 Å². The molecule has 0 aliphatic carbocycles. The van der Waals surface area contributed by atoms with Crippen molar-refractivity contribution in [3.63, 3.8) is 0 Å². The highest BCUT2D eigenvalue weighted by Gasteiger charge is 2.50. The van der Waals surface area contributed by atoms with Crippen LogP contribution in [-0.4, -0.2) is 51.5 Å². The minimum Gasteiger partial charge on any atom is -0.481 e. The molecule has 1 heterocycles. The van der Waals surface area contributed by atoms with Crippen molar-refractivity contribution in [1.82, 2.24) is 4.90 Å². The molecule has 0 aromatic rings. The van der Waals surface area contributed by atoms with Gasteiger partial charge in [0.15, 0.2) is 0 Å². The van der Waals surface area contributed by atoms with Crippen LogP contribution in [-0.2, 0) is 9.53 Å². The summed E-state index contributed by atoms with van der Waals surface area (Å²) < 4.78 is 5.28. The van der Waals surface area contributed by atoms with E-state index in [2.05, 4.69) is 0 Å².